The van der Waals surface area contributed by atoms with Crippen LogP contribution in [0.2, 0.25) is 5.02 Å². The van der Waals surface area contributed by atoms with Crippen LogP contribution in [-0.2, 0) is 6.42 Å². The second-order valence-electron chi connectivity index (χ2n) is 4.25. The Hall–Kier alpha value is -0.210. The number of phenolic OH excluding ortho intramolecular Hbond substituents is 1. The Morgan fingerprint density at radius 2 is 2.07 bits per heavy atom. The van der Waals surface area contributed by atoms with E-state index in [1.165, 1.54) is 0 Å². The van der Waals surface area contributed by atoms with Crippen molar-refractivity contribution in [1.29, 1.82) is 0 Å². The molecule has 0 aliphatic rings. The number of alkyl halides is 1. The third-order valence-electron chi connectivity index (χ3n) is 2.07. The van der Waals surface area contributed by atoms with Crippen molar-refractivity contribution in [3.8, 4) is 5.75 Å². The fraction of sp³-hybridized carbons (Fsp3) is 0.455. The highest BCUT2D eigenvalue weighted by Gasteiger charge is 2.18. The van der Waals surface area contributed by atoms with Crippen LogP contribution < -0.4 is 0 Å². The fourth-order valence-electron chi connectivity index (χ4n) is 1.24. The first-order valence-corrected chi connectivity index (χ1v) is 5.98. The van der Waals surface area contributed by atoms with Crippen LogP contribution in [0.15, 0.2) is 18.2 Å². The molecule has 0 radical (unpaired) electrons. The van der Waals surface area contributed by atoms with E-state index in [0.29, 0.717) is 5.02 Å². The maximum atomic E-state index is 9.20. The van der Waals surface area contributed by atoms with Gasteiger partial charge in [-0.25, -0.2) is 0 Å². The molecule has 1 nitrogen and oxygen atoms in total. The number of hydrogen-bond donors (Lipinski definition) is 1. The van der Waals surface area contributed by atoms with Crippen molar-refractivity contribution in [1.82, 2.24) is 0 Å². The van der Waals surface area contributed by atoms with Crippen molar-refractivity contribution in [2.45, 2.75) is 20.3 Å². The predicted octanol–water partition coefficient (Wildman–Crippen LogP) is 4.01. The SMILES string of the molecule is CC(C)(CBr)Cc1ccc(O)cc1Cl. The van der Waals surface area contributed by atoms with Crippen LogP contribution in [-0.4, -0.2) is 10.4 Å². The van der Waals surface area contributed by atoms with E-state index in [1.807, 2.05) is 6.07 Å². The van der Waals surface area contributed by atoms with Gasteiger partial charge in [0, 0.05) is 10.4 Å². The van der Waals surface area contributed by atoms with Crippen LogP contribution >= 0.6 is 27.5 Å². The van der Waals surface area contributed by atoms with Gasteiger partial charge in [0.25, 0.3) is 0 Å². The minimum Gasteiger partial charge on any atom is -0.508 e. The third kappa shape index (κ3) is 3.18. The minimum absolute atomic E-state index is 0.181. The first-order valence-electron chi connectivity index (χ1n) is 4.48. The summed E-state index contributed by atoms with van der Waals surface area (Å²) >= 11 is 9.49. The van der Waals surface area contributed by atoms with Gasteiger partial charge in [0.1, 0.15) is 5.75 Å². The van der Waals surface area contributed by atoms with Crippen LogP contribution in [0.4, 0.5) is 0 Å². The van der Waals surface area contributed by atoms with Gasteiger partial charge < -0.3 is 5.11 Å². The van der Waals surface area contributed by atoms with Crippen molar-refractivity contribution < 1.29 is 5.11 Å². The molecule has 0 atom stereocenters. The summed E-state index contributed by atoms with van der Waals surface area (Å²) < 4.78 is 0. The molecule has 0 bridgehead atoms. The molecular weight excluding hydrogens is 263 g/mol. The lowest BCUT2D eigenvalue weighted by Gasteiger charge is -2.22. The largest absolute Gasteiger partial charge is 0.508 e. The normalized spacial score (nSPS) is 11.7. The molecule has 0 saturated carbocycles. The minimum atomic E-state index is 0.181. The van der Waals surface area contributed by atoms with Gasteiger partial charge in [-0.05, 0) is 29.5 Å². The van der Waals surface area contributed by atoms with Crippen molar-refractivity contribution in [3.63, 3.8) is 0 Å². The number of phenols is 1. The van der Waals surface area contributed by atoms with E-state index in [2.05, 4.69) is 29.8 Å². The molecule has 0 fully saturated rings. The number of halogens is 2. The number of aromatic hydroxyl groups is 1. The molecule has 0 aliphatic heterocycles. The summed E-state index contributed by atoms with van der Waals surface area (Å²) in [6.07, 6.45) is 0.900. The van der Waals surface area contributed by atoms with Gasteiger partial charge >= 0.3 is 0 Å². The maximum Gasteiger partial charge on any atom is 0.117 e. The zero-order valence-electron chi connectivity index (χ0n) is 8.35. The molecule has 0 unspecified atom stereocenters. The Balaban J connectivity index is 2.87. The van der Waals surface area contributed by atoms with Crippen LogP contribution in [0.3, 0.4) is 0 Å². The van der Waals surface area contributed by atoms with Gasteiger partial charge in [-0.2, -0.15) is 0 Å². The third-order valence-corrected chi connectivity index (χ3v) is 3.94. The summed E-state index contributed by atoms with van der Waals surface area (Å²) in [5, 5.41) is 10.8. The van der Waals surface area contributed by atoms with E-state index in [9.17, 15) is 5.11 Å². The molecule has 1 aromatic carbocycles. The van der Waals surface area contributed by atoms with Gasteiger partial charge in [0.05, 0.1) is 0 Å². The summed E-state index contributed by atoms with van der Waals surface area (Å²) in [5.41, 5.74) is 1.26. The zero-order valence-corrected chi connectivity index (χ0v) is 10.7. The standard InChI is InChI=1S/C11H14BrClO/c1-11(2,7-12)6-8-3-4-9(14)5-10(8)13/h3-5,14H,6-7H2,1-2H3. The Morgan fingerprint density at radius 3 is 2.57 bits per heavy atom. The number of benzene rings is 1. The summed E-state index contributed by atoms with van der Waals surface area (Å²) in [7, 11) is 0. The molecule has 1 aromatic rings. The monoisotopic (exact) mass is 276 g/mol. The highest BCUT2D eigenvalue weighted by molar-refractivity contribution is 9.09. The summed E-state index contributed by atoms with van der Waals surface area (Å²) in [4.78, 5) is 0. The molecule has 14 heavy (non-hydrogen) atoms. The summed E-state index contributed by atoms with van der Waals surface area (Å²) in [6.45, 7) is 4.34. The predicted molar refractivity (Wildman–Crippen MR) is 64.4 cm³/mol. The number of hydrogen-bond acceptors (Lipinski definition) is 1. The smallest absolute Gasteiger partial charge is 0.117 e. The second-order valence-corrected chi connectivity index (χ2v) is 5.22. The fourth-order valence-corrected chi connectivity index (χ4v) is 1.68. The second kappa shape index (κ2) is 4.54. The molecule has 0 aromatic heterocycles. The van der Waals surface area contributed by atoms with E-state index in [1.54, 1.807) is 12.1 Å². The highest BCUT2D eigenvalue weighted by atomic mass is 79.9. The van der Waals surface area contributed by atoms with Crippen molar-refractivity contribution >= 4 is 27.5 Å². The first-order chi connectivity index (χ1) is 6.44. The van der Waals surface area contributed by atoms with Gasteiger partial charge in [-0.15, -0.1) is 0 Å². The molecule has 0 amide bonds. The number of rotatable bonds is 3. The summed E-state index contributed by atoms with van der Waals surface area (Å²) in [6, 6.07) is 5.13. The Bertz CT molecular complexity index is 323. The van der Waals surface area contributed by atoms with Crippen molar-refractivity contribution in [2.75, 3.05) is 5.33 Å². The van der Waals surface area contributed by atoms with Gasteiger partial charge in [-0.1, -0.05) is 47.4 Å². The lowest BCUT2D eigenvalue weighted by atomic mass is 9.88. The van der Waals surface area contributed by atoms with Crippen LogP contribution in [0.25, 0.3) is 0 Å². The van der Waals surface area contributed by atoms with Crippen molar-refractivity contribution in [3.05, 3.63) is 28.8 Å². The molecular formula is C11H14BrClO. The van der Waals surface area contributed by atoms with Crippen LogP contribution in [0.1, 0.15) is 19.4 Å². The Labute approximate surface area is 98.2 Å². The van der Waals surface area contributed by atoms with E-state index in [4.69, 9.17) is 11.6 Å². The van der Waals surface area contributed by atoms with Crippen LogP contribution in [0, 0.1) is 5.41 Å². The first kappa shape index (κ1) is 11.9. The van der Waals surface area contributed by atoms with Gasteiger partial charge in [-0.3, -0.25) is 0 Å². The Morgan fingerprint density at radius 1 is 1.43 bits per heavy atom. The van der Waals surface area contributed by atoms with Crippen LogP contribution in [0.5, 0.6) is 5.75 Å². The molecule has 3 heteroatoms. The molecule has 0 heterocycles. The molecule has 1 N–H and O–H groups in total. The van der Waals surface area contributed by atoms with Crippen molar-refractivity contribution in [2.24, 2.45) is 5.41 Å². The summed E-state index contributed by atoms with van der Waals surface area (Å²) in [5.74, 6) is 0.218. The topological polar surface area (TPSA) is 20.2 Å². The lowest BCUT2D eigenvalue weighted by molar-refractivity contribution is 0.424. The lowest BCUT2D eigenvalue weighted by Crippen LogP contribution is -2.16. The maximum absolute atomic E-state index is 9.20. The average Bonchev–Trinajstić information content (AvgIpc) is 2.10. The average molecular weight is 278 g/mol. The van der Waals surface area contributed by atoms with Gasteiger partial charge in [0.15, 0.2) is 0 Å². The van der Waals surface area contributed by atoms with Gasteiger partial charge in [0.2, 0.25) is 0 Å². The molecule has 0 spiro atoms. The Kier molecular flexibility index (Phi) is 3.85. The van der Waals surface area contributed by atoms with E-state index < -0.39 is 0 Å². The highest BCUT2D eigenvalue weighted by Crippen LogP contribution is 2.29. The quantitative estimate of drug-likeness (QED) is 0.828. The van der Waals surface area contributed by atoms with E-state index in [-0.39, 0.29) is 11.2 Å². The van der Waals surface area contributed by atoms with E-state index in [0.717, 1.165) is 17.3 Å². The van der Waals surface area contributed by atoms with E-state index >= 15 is 0 Å². The molecule has 0 saturated heterocycles. The molecule has 0 aliphatic carbocycles. The molecule has 1 rings (SSSR count). The molecule has 78 valence electrons. The zero-order chi connectivity index (χ0) is 10.8.